The molecule has 0 saturated carbocycles. The number of primary amides is 1. The Balaban J connectivity index is 1.79. The summed E-state index contributed by atoms with van der Waals surface area (Å²) in [6.45, 7) is 1.30. The van der Waals surface area contributed by atoms with Gasteiger partial charge in [0.1, 0.15) is 6.67 Å². The van der Waals surface area contributed by atoms with Gasteiger partial charge in [-0.25, -0.2) is 9.18 Å². The molecule has 0 spiro atoms. The van der Waals surface area contributed by atoms with Crippen molar-refractivity contribution in [2.45, 2.75) is 50.3 Å². The summed E-state index contributed by atoms with van der Waals surface area (Å²) in [6, 6.07) is 12.1. The molecule has 0 aliphatic carbocycles. The molecule has 9 heteroatoms. The molecule has 4 N–H and O–H groups in total. The summed E-state index contributed by atoms with van der Waals surface area (Å²) in [6.07, 6.45) is -3.99. The van der Waals surface area contributed by atoms with Gasteiger partial charge in [0.05, 0.1) is 23.8 Å². The number of piperidine rings is 1. The van der Waals surface area contributed by atoms with E-state index in [0.29, 0.717) is 19.4 Å². The number of halogens is 4. The minimum atomic E-state index is -4.57. The number of carbonyl (C=O) groups excluding carboxylic acids is 1. The Morgan fingerprint density at radius 1 is 1.28 bits per heavy atom. The molecule has 2 amide bonds. The number of urea groups is 1. The van der Waals surface area contributed by atoms with Crippen molar-refractivity contribution in [1.82, 2.24) is 10.6 Å². The third-order valence-electron chi connectivity index (χ3n) is 5.83. The lowest BCUT2D eigenvalue weighted by molar-refractivity contribution is -0.137. The van der Waals surface area contributed by atoms with Gasteiger partial charge in [-0.05, 0) is 48.6 Å². The summed E-state index contributed by atoms with van der Waals surface area (Å²) in [7, 11) is 0. The van der Waals surface area contributed by atoms with Gasteiger partial charge >= 0.3 is 12.2 Å². The highest BCUT2D eigenvalue weighted by Crippen LogP contribution is 2.35. The third-order valence-corrected chi connectivity index (χ3v) is 5.83. The lowest BCUT2D eigenvalue weighted by atomic mass is 9.81. The van der Waals surface area contributed by atoms with Crippen molar-refractivity contribution >= 4 is 6.03 Å². The zero-order valence-electron chi connectivity index (χ0n) is 17.7. The van der Waals surface area contributed by atoms with Crippen molar-refractivity contribution in [2.24, 2.45) is 5.73 Å². The SMILES string of the molecule is CC(OC[C@@]1(c2ccccc2)CC[C@H](NC(N)=O)CN1)c1cc(CF)cc(C(F)(F)F)c1. The molecule has 5 nitrogen and oxygen atoms in total. The number of amides is 2. The van der Waals surface area contributed by atoms with E-state index in [0.717, 1.165) is 17.7 Å². The molecular formula is C23H27F4N3O2. The fourth-order valence-corrected chi connectivity index (χ4v) is 4.02. The van der Waals surface area contributed by atoms with Crippen LogP contribution in [0.1, 0.15) is 48.1 Å². The Morgan fingerprint density at radius 3 is 2.56 bits per heavy atom. The number of carbonyl (C=O) groups is 1. The maximum absolute atomic E-state index is 13.2. The maximum Gasteiger partial charge on any atom is 0.416 e. The summed E-state index contributed by atoms with van der Waals surface area (Å²) >= 11 is 0. The molecule has 2 aromatic carbocycles. The fraction of sp³-hybridized carbons (Fsp3) is 0.435. The van der Waals surface area contributed by atoms with Crippen molar-refractivity contribution in [1.29, 1.82) is 0 Å². The molecule has 1 heterocycles. The smallest absolute Gasteiger partial charge is 0.372 e. The van der Waals surface area contributed by atoms with Gasteiger partial charge in [0.2, 0.25) is 0 Å². The van der Waals surface area contributed by atoms with E-state index in [1.54, 1.807) is 6.92 Å². The summed E-state index contributed by atoms with van der Waals surface area (Å²) < 4.78 is 58.9. The molecular weight excluding hydrogens is 426 g/mol. The normalized spacial score (nSPS) is 22.3. The van der Waals surface area contributed by atoms with Gasteiger partial charge in [-0.2, -0.15) is 13.2 Å². The number of hydrogen-bond donors (Lipinski definition) is 3. The first-order valence-corrected chi connectivity index (χ1v) is 10.4. The lowest BCUT2D eigenvalue weighted by Crippen LogP contribution is -2.57. The van der Waals surface area contributed by atoms with Gasteiger partial charge in [0.25, 0.3) is 0 Å². The van der Waals surface area contributed by atoms with E-state index in [2.05, 4.69) is 10.6 Å². The van der Waals surface area contributed by atoms with Crippen LogP contribution in [-0.4, -0.2) is 25.2 Å². The second-order valence-corrected chi connectivity index (χ2v) is 8.12. The molecule has 0 aromatic heterocycles. The minimum absolute atomic E-state index is 0.0424. The molecule has 1 fully saturated rings. The molecule has 32 heavy (non-hydrogen) atoms. The first-order valence-electron chi connectivity index (χ1n) is 10.4. The van der Waals surface area contributed by atoms with E-state index in [4.69, 9.17) is 10.5 Å². The second-order valence-electron chi connectivity index (χ2n) is 8.12. The molecule has 1 aliphatic rings. The van der Waals surface area contributed by atoms with E-state index >= 15 is 0 Å². The van der Waals surface area contributed by atoms with Gasteiger partial charge in [-0.1, -0.05) is 36.4 Å². The molecule has 3 rings (SSSR count). The van der Waals surface area contributed by atoms with E-state index in [-0.39, 0.29) is 23.8 Å². The van der Waals surface area contributed by atoms with Crippen LogP contribution in [0.3, 0.4) is 0 Å². The minimum Gasteiger partial charge on any atom is -0.372 e. The zero-order chi connectivity index (χ0) is 23.4. The Bertz CT molecular complexity index is 913. The van der Waals surface area contributed by atoms with Crippen molar-refractivity contribution in [2.75, 3.05) is 13.2 Å². The van der Waals surface area contributed by atoms with Crippen LogP contribution < -0.4 is 16.4 Å². The Morgan fingerprint density at radius 2 is 2.00 bits per heavy atom. The van der Waals surface area contributed by atoms with E-state index in [1.807, 2.05) is 30.3 Å². The van der Waals surface area contributed by atoms with Crippen LogP contribution in [0.2, 0.25) is 0 Å². The molecule has 2 aromatic rings. The Kier molecular flexibility index (Phi) is 7.40. The third kappa shape index (κ3) is 5.77. The summed E-state index contributed by atoms with van der Waals surface area (Å²) in [5.41, 5.74) is 4.93. The average Bonchev–Trinajstić information content (AvgIpc) is 2.78. The quantitative estimate of drug-likeness (QED) is 0.538. The fourth-order valence-electron chi connectivity index (χ4n) is 4.02. The first-order chi connectivity index (χ1) is 15.1. The Labute approximate surface area is 184 Å². The van der Waals surface area contributed by atoms with Gasteiger partial charge < -0.3 is 21.1 Å². The molecule has 1 aliphatic heterocycles. The predicted molar refractivity (Wildman–Crippen MR) is 112 cm³/mol. The summed E-state index contributed by atoms with van der Waals surface area (Å²) in [5, 5.41) is 6.12. The number of hydrogen-bond acceptors (Lipinski definition) is 3. The molecule has 0 bridgehead atoms. The monoisotopic (exact) mass is 453 g/mol. The number of ether oxygens (including phenoxy) is 1. The second kappa shape index (κ2) is 9.87. The van der Waals surface area contributed by atoms with Crippen LogP contribution in [0.4, 0.5) is 22.4 Å². The molecule has 174 valence electrons. The van der Waals surface area contributed by atoms with Crippen LogP contribution in [0.5, 0.6) is 0 Å². The maximum atomic E-state index is 13.2. The largest absolute Gasteiger partial charge is 0.416 e. The first kappa shape index (κ1) is 24.0. The number of nitrogens with two attached hydrogens (primary N) is 1. The zero-order valence-corrected chi connectivity index (χ0v) is 17.7. The van der Waals surface area contributed by atoms with Crippen molar-refractivity contribution in [3.8, 4) is 0 Å². The molecule has 3 atom stereocenters. The van der Waals surface area contributed by atoms with Gasteiger partial charge in [0.15, 0.2) is 0 Å². The number of benzene rings is 2. The van der Waals surface area contributed by atoms with Crippen LogP contribution in [0.15, 0.2) is 48.5 Å². The van der Waals surface area contributed by atoms with Gasteiger partial charge in [-0.15, -0.1) is 0 Å². The number of alkyl halides is 4. The van der Waals surface area contributed by atoms with Crippen LogP contribution >= 0.6 is 0 Å². The van der Waals surface area contributed by atoms with Gasteiger partial charge in [0, 0.05) is 12.6 Å². The molecule has 0 radical (unpaired) electrons. The summed E-state index contributed by atoms with van der Waals surface area (Å²) in [4.78, 5) is 11.2. The number of nitrogens with one attached hydrogen (secondary N) is 2. The van der Waals surface area contributed by atoms with Gasteiger partial charge in [-0.3, -0.25) is 0 Å². The highest BCUT2D eigenvalue weighted by molar-refractivity contribution is 5.72. The van der Waals surface area contributed by atoms with Crippen molar-refractivity contribution < 1.29 is 27.1 Å². The van der Waals surface area contributed by atoms with Crippen molar-refractivity contribution in [3.05, 3.63) is 70.8 Å². The van der Waals surface area contributed by atoms with E-state index in [9.17, 15) is 22.4 Å². The van der Waals surface area contributed by atoms with Crippen LogP contribution in [0, 0.1) is 0 Å². The predicted octanol–water partition coefficient (Wildman–Crippen LogP) is 4.57. The highest BCUT2D eigenvalue weighted by atomic mass is 19.4. The van der Waals surface area contributed by atoms with E-state index in [1.165, 1.54) is 6.07 Å². The standard InChI is InChI=1S/C23H27F4N3O2/c1-15(17-9-16(12-24)10-19(11-17)23(25,26)27)32-14-22(18-5-3-2-4-6-18)8-7-20(13-29-22)30-21(28)31/h2-6,9-11,15,20,29H,7-8,12-14H2,1H3,(H3,28,30,31)/t15?,20-,22+/m0/s1. The average molecular weight is 453 g/mol. The lowest BCUT2D eigenvalue weighted by Gasteiger charge is -2.42. The molecule has 1 unspecified atom stereocenters. The van der Waals surface area contributed by atoms with Crippen LogP contribution in [-0.2, 0) is 23.1 Å². The highest BCUT2D eigenvalue weighted by Gasteiger charge is 2.38. The summed E-state index contributed by atoms with van der Waals surface area (Å²) in [5.74, 6) is 0. The van der Waals surface area contributed by atoms with Crippen LogP contribution in [0.25, 0.3) is 0 Å². The Hall–Kier alpha value is -2.65. The topological polar surface area (TPSA) is 76.4 Å². The van der Waals surface area contributed by atoms with Crippen molar-refractivity contribution in [3.63, 3.8) is 0 Å². The van der Waals surface area contributed by atoms with E-state index < -0.39 is 36.1 Å². The molecule has 1 saturated heterocycles. The number of rotatable bonds is 7.